The summed E-state index contributed by atoms with van der Waals surface area (Å²) in [5.74, 6) is 0.579. The first-order valence-electron chi connectivity index (χ1n) is 6.48. The fraction of sp³-hybridized carbons (Fsp3) is 0.200. The van der Waals surface area contributed by atoms with Crippen molar-refractivity contribution in [3.05, 3.63) is 52.8 Å². The van der Waals surface area contributed by atoms with E-state index in [0.29, 0.717) is 10.8 Å². The summed E-state index contributed by atoms with van der Waals surface area (Å²) < 4.78 is 7.53. The second-order valence-electron chi connectivity index (χ2n) is 4.69. The van der Waals surface area contributed by atoms with E-state index in [-0.39, 0.29) is 12.2 Å². The molecule has 1 unspecified atom stereocenters. The number of hydrogen-bond donors (Lipinski definition) is 0. The number of carbonyl (C=O) groups is 1. The number of Topliss-reactive ketones (excluding diaryl/α,β-unsaturated/α-hetero) is 1. The Kier molecular flexibility index (Phi) is 3.94. The molecular formula is C15H13ClN2O2S. The Morgan fingerprint density at radius 1 is 1.52 bits per heavy atom. The van der Waals surface area contributed by atoms with E-state index in [1.165, 1.54) is 0 Å². The molecule has 0 saturated carbocycles. The van der Waals surface area contributed by atoms with E-state index in [1.54, 1.807) is 42.5 Å². The molecule has 0 amide bonds. The lowest BCUT2D eigenvalue weighted by molar-refractivity contribution is -0.124. The number of hydrogen-bond acceptors (Lipinski definition) is 4. The summed E-state index contributed by atoms with van der Waals surface area (Å²) in [6.45, 7) is 1.74. The van der Waals surface area contributed by atoms with Crippen molar-refractivity contribution >= 4 is 33.7 Å². The second kappa shape index (κ2) is 5.87. The van der Waals surface area contributed by atoms with Gasteiger partial charge >= 0.3 is 0 Å². The Balaban J connectivity index is 1.65. The van der Waals surface area contributed by atoms with Crippen LogP contribution in [-0.2, 0) is 11.2 Å². The van der Waals surface area contributed by atoms with Crippen molar-refractivity contribution in [1.29, 1.82) is 0 Å². The van der Waals surface area contributed by atoms with E-state index in [2.05, 4.69) is 4.98 Å². The number of aromatic nitrogens is 2. The monoisotopic (exact) mass is 320 g/mol. The number of carbonyl (C=O) groups excluding carboxylic acids is 1. The fourth-order valence-electron chi connectivity index (χ4n) is 1.99. The van der Waals surface area contributed by atoms with Gasteiger partial charge in [0.25, 0.3) is 0 Å². The Labute approximate surface area is 131 Å². The molecule has 0 N–H and O–H groups in total. The largest absolute Gasteiger partial charge is 0.483 e. The van der Waals surface area contributed by atoms with E-state index < -0.39 is 6.10 Å². The molecule has 0 saturated heterocycles. The first kappa shape index (κ1) is 14.1. The third-order valence-corrected chi connectivity index (χ3v) is 4.07. The van der Waals surface area contributed by atoms with Crippen molar-refractivity contribution in [1.82, 2.24) is 9.38 Å². The SMILES string of the molecule is CC(Oc1cccc(Cl)c1)C(=O)Cc1cn2ccsc2n1. The van der Waals surface area contributed by atoms with Gasteiger partial charge in [-0.25, -0.2) is 4.98 Å². The van der Waals surface area contributed by atoms with E-state index >= 15 is 0 Å². The third kappa shape index (κ3) is 3.25. The zero-order valence-electron chi connectivity index (χ0n) is 11.3. The van der Waals surface area contributed by atoms with E-state index in [0.717, 1.165) is 10.7 Å². The summed E-state index contributed by atoms with van der Waals surface area (Å²) in [4.78, 5) is 17.5. The molecule has 2 aromatic heterocycles. The van der Waals surface area contributed by atoms with Crippen LogP contribution in [0.25, 0.3) is 4.96 Å². The molecule has 0 aliphatic carbocycles. The first-order valence-corrected chi connectivity index (χ1v) is 7.73. The van der Waals surface area contributed by atoms with Gasteiger partial charge in [-0.15, -0.1) is 11.3 Å². The molecule has 3 aromatic rings. The average molecular weight is 321 g/mol. The molecule has 2 heterocycles. The van der Waals surface area contributed by atoms with E-state index in [4.69, 9.17) is 16.3 Å². The molecule has 3 rings (SSSR count). The number of thiazole rings is 1. The molecule has 0 bridgehead atoms. The zero-order valence-corrected chi connectivity index (χ0v) is 12.9. The molecule has 0 aliphatic rings. The first-order chi connectivity index (χ1) is 10.1. The molecule has 6 heteroatoms. The van der Waals surface area contributed by atoms with Crippen LogP contribution in [0.1, 0.15) is 12.6 Å². The second-order valence-corrected chi connectivity index (χ2v) is 6.00. The van der Waals surface area contributed by atoms with Gasteiger partial charge in [0.1, 0.15) is 5.75 Å². The number of fused-ring (bicyclic) bond motifs is 1. The van der Waals surface area contributed by atoms with E-state index in [1.807, 2.05) is 22.2 Å². The molecular weight excluding hydrogens is 308 g/mol. The molecule has 1 atom stereocenters. The van der Waals surface area contributed by atoms with Crippen LogP contribution in [-0.4, -0.2) is 21.3 Å². The standard InChI is InChI=1S/C15H13ClN2O2S/c1-10(20-13-4-2-3-11(16)7-13)14(19)8-12-9-18-5-6-21-15(18)17-12/h2-7,9-10H,8H2,1H3. The summed E-state index contributed by atoms with van der Waals surface area (Å²) in [6.07, 6.45) is 3.52. The fourth-order valence-corrected chi connectivity index (χ4v) is 2.89. The Morgan fingerprint density at radius 3 is 3.14 bits per heavy atom. The Hall–Kier alpha value is -1.85. The van der Waals surface area contributed by atoms with Crippen molar-refractivity contribution in [2.75, 3.05) is 0 Å². The maximum absolute atomic E-state index is 12.2. The minimum absolute atomic E-state index is 0.0132. The van der Waals surface area contributed by atoms with Gasteiger partial charge in [0.05, 0.1) is 12.1 Å². The number of rotatable bonds is 5. The topological polar surface area (TPSA) is 43.6 Å². The summed E-state index contributed by atoms with van der Waals surface area (Å²) >= 11 is 7.44. The van der Waals surface area contributed by atoms with Crippen molar-refractivity contribution in [2.24, 2.45) is 0 Å². The number of benzene rings is 1. The lowest BCUT2D eigenvalue weighted by Crippen LogP contribution is -2.25. The smallest absolute Gasteiger partial charge is 0.193 e. The van der Waals surface area contributed by atoms with Crippen LogP contribution >= 0.6 is 22.9 Å². The molecule has 0 fully saturated rings. The predicted molar refractivity (Wildman–Crippen MR) is 83.3 cm³/mol. The summed E-state index contributed by atoms with van der Waals surface area (Å²) in [5.41, 5.74) is 0.758. The van der Waals surface area contributed by atoms with Crippen LogP contribution in [0.15, 0.2) is 42.0 Å². The number of halogens is 1. The van der Waals surface area contributed by atoms with Crippen LogP contribution in [0.3, 0.4) is 0 Å². The van der Waals surface area contributed by atoms with Crippen LogP contribution in [0.5, 0.6) is 5.75 Å². The highest BCUT2D eigenvalue weighted by Gasteiger charge is 2.17. The summed E-state index contributed by atoms with van der Waals surface area (Å²) in [5, 5.41) is 2.54. The molecule has 1 aromatic carbocycles. The van der Waals surface area contributed by atoms with Gasteiger partial charge in [-0.2, -0.15) is 0 Å². The minimum Gasteiger partial charge on any atom is -0.483 e. The highest BCUT2D eigenvalue weighted by atomic mass is 35.5. The maximum Gasteiger partial charge on any atom is 0.193 e. The highest BCUT2D eigenvalue weighted by Crippen LogP contribution is 2.19. The van der Waals surface area contributed by atoms with Crippen molar-refractivity contribution < 1.29 is 9.53 Å². The Morgan fingerprint density at radius 2 is 2.38 bits per heavy atom. The maximum atomic E-state index is 12.2. The quantitative estimate of drug-likeness (QED) is 0.721. The minimum atomic E-state index is -0.539. The lowest BCUT2D eigenvalue weighted by Gasteiger charge is -2.13. The molecule has 0 aliphatic heterocycles. The van der Waals surface area contributed by atoms with Crippen LogP contribution in [0.2, 0.25) is 5.02 Å². The third-order valence-electron chi connectivity index (χ3n) is 3.06. The molecule has 0 spiro atoms. The van der Waals surface area contributed by atoms with Crippen molar-refractivity contribution in [2.45, 2.75) is 19.4 Å². The molecule has 108 valence electrons. The van der Waals surface area contributed by atoms with Crippen LogP contribution in [0.4, 0.5) is 0 Å². The summed E-state index contributed by atoms with van der Waals surface area (Å²) in [6, 6.07) is 7.03. The number of ketones is 1. The lowest BCUT2D eigenvalue weighted by atomic mass is 10.1. The average Bonchev–Trinajstić information content (AvgIpc) is 2.99. The predicted octanol–water partition coefficient (Wildman–Crippen LogP) is 3.63. The normalized spacial score (nSPS) is 12.5. The van der Waals surface area contributed by atoms with Crippen LogP contribution in [0, 0.1) is 0 Å². The van der Waals surface area contributed by atoms with Gasteiger partial charge in [-0.05, 0) is 25.1 Å². The van der Waals surface area contributed by atoms with Gasteiger partial charge < -0.3 is 4.74 Å². The van der Waals surface area contributed by atoms with Crippen LogP contribution < -0.4 is 4.74 Å². The van der Waals surface area contributed by atoms with Gasteiger partial charge in [0.2, 0.25) is 0 Å². The van der Waals surface area contributed by atoms with Gasteiger partial charge in [-0.3, -0.25) is 9.20 Å². The number of nitrogens with zero attached hydrogens (tertiary/aromatic N) is 2. The number of imidazole rings is 1. The van der Waals surface area contributed by atoms with Gasteiger partial charge in [-0.1, -0.05) is 17.7 Å². The zero-order chi connectivity index (χ0) is 14.8. The summed E-state index contributed by atoms with van der Waals surface area (Å²) in [7, 11) is 0. The van der Waals surface area contributed by atoms with Gasteiger partial charge in [0, 0.05) is 22.8 Å². The Bertz CT molecular complexity index is 752. The van der Waals surface area contributed by atoms with Gasteiger partial charge in [0.15, 0.2) is 16.8 Å². The molecule has 4 nitrogen and oxygen atoms in total. The molecule has 0 radical (unpaired) electrons. The highest BCUT2D eigenvalue weighted by molar-refractivity contribution is 7.15. The van der Waals surface area contributed by atoms with E-state index in [9.17, 15) is 4.79 Å². The van der Waals surface area contributed by atoms with Crippen molar-refractivity contribution in [3.63, 3.8) is 0 Å². The number of ether oxygens (including phenoxy) is 1. The van der Waals surface area contributed by atoms with Crippen molar-refractivity contribution in [3.8, 4) is 5.75 Å². The molecule has 21 heavy (non-hydrogen) atoms.